The normalized spacial score (nSPS) is 31.0. The highest BCUT2D eigenvalue weighted by molar-refractivity contribution is 6.16. The molecule has 2 aromatic carbocycles. The van der Waals surface area contributed by atoms with E-state index in [1.165, 1.54) is 73.6 Å². The van der Waals surface area contributed by atoms with Crippen molar-refractivity contribution in [3.8, 4) is 5.75 Å². The number of carbonyl (C=O) groups is 5. The Labute approximate surface area is 341 Å². The van der Waals surface area contributed by atoms with Gasteiger partial charge >= 0.3 is 29.8 Å². The van der Waals surface area contributed by atoms with E-state index in [9.17, 15) is 24.0 Å². The molecule has 0 aromatic heterocycles. The molecule has 6 aliphatic rings. The van der Waals surface area contributed by atoms with Crippen molar-refractivity contribution < 1.29 is 48.0 Å². The lowest BCUT2D eigenvalue weighted by Gasteiger charge is -2.62. The fourth-order valence-electron chi connectivity index (χ4n) is 12.8. The van der Waals surface area contributed by atoms with Crippen molar-refractivity contribution in [1.29, 1.82) is 0 Å². The molecule has 0 bridgehead atoms. The van der Waals surface area contributed by atoms with Crippen LogP contribution in [0.25, 0.3) is 0 Å². The second-order valence-electron chi connectivity index (χ2n) is 19.2. The topological polar surface area (TPSA) is 132 Å². The maximum atomic E-state index is 13.8. The summed E-state index contributed by atoms with van der Waals surface area (Å²) in [5.74, 6) is -0.249. The number of hydrogen-bond donors (Lipinski definition) is 0. The lowest BCUT2D eigenvalue weighted by Crippen LogP contribution is -2.56. The van der Waals surface area contributed by atoms with Gasteiger partial charge in [0.2, 0.25) is 0 Å². The molecule has 0 N–H and O–H groups in total. The van der Waals surface area contributed by atoms with E-state index in [-0.39, 0.29) is 45.3 Å². The van der Waals surface area contributed by atoms with Gasteiger partial charge in [0.05, 0.1) is 27.8 Å². The zero-order valence-corrected chi connectivity index (χ0v) is 34.9. The molecular formula is C48H56O10. The summed E-state index contributed by atoms with van der Waals surface area (Å²) >= 11 is 0. The first-order valence-corrected chi connectivity index (χ1v) is 21.2. The monoisotopic (exact) mass is 792 g/mol. The minimum Gasteiger partial charge on any atom is -0.458 e. The van der Waals surface area contributed by atoms with Crippen molar-refractivity contribution in [2.24, 2.45) is 45.8 Å². The van der Waals surface area contributed by atoms with Gasteiger partial charge in [0.25, 0.3) is 0 Å². The molecule has 0 saturated heterocycles. The minimum absolute atomic E-state index is 0.0684. The number of allylic oxidation sites excluding steroid dienone is 2. The van der Waals surface area contributed by atoms with Crippen LogP contribution in [-0.2, 0) is 19.1 Å². The van der Waals surface area contributed by atoms with Crippen molar-refractivity contribution in [3.63, 3.8) is 0 Å². The summed E-state index contributed by atoms with van der Waals surface area (Å²) in [5.41, 5.74) is 4.07. The summed E-state index contributed by atoms with van der Waals surface area (Å²) in [6.07, 6.45) is 12.7. The van der Waals surface area contributed by atoms with Crippen molar-refractivity contribution in [2.45, 2.75) is 119 Å². The molecule has 2 aliphatic heterocycles. The Kier molecular flexibility index (Phi) is 10.3. The molecule has 10 nitrogen and oxygen atoms in total. The molecule has 4 aliphatic carbocycles. The second kappa shape index (κ2) is 14.9. The number of benzene rings is 2. The predicted octanol–water partition coefficient (Wildman–Crippen LogP) is 10.2. The van der Waals surface area contributed by atoms with Gasteiger partial charge in [-0.15, -0.1) is 0 Å². The average molecular weight is 793 g/mol. The number of cyclic esters (lactones) is 4. The summed E-state index contributed by atoms with van der Waals surface area (Å²) in [5, 5.41) is 0. The first-order valence-electron chi connectivity index (χ1n) is 21.2. The van der Waals surface area contributed by atoms with Crippen molar-refractivity contribution in [2.75, 3.05) is 6.61 Å². The Morgan fingerprint density at radius 1 is 0.828 bits per heavy atom. The third-order valence-corrected chi connectivity index (χ3v) is 15.3. The number of ether oxygens (including phenoxy) is 3. The van der Waals surface area contributed by atoms with Crippen LogP contribution in [0, 0.1) is 45.8 Å². The van der Waals surface area contributed by atoms with Gasteiger partial charge in [0, 0.05) is 5.41 Å². The molecule has 2 aromatic rings. The Hall–Kier alpha value is -4.57. The fourth-order valence-corrected chi connectivity index (χ4v) is 12.8. The Balaban J connectivity index is 1.08. The molecule has 3 fully saturated rings. The van der Waals surface area contributed by atoms with Gasteiger partial charge in [-0.2, -0.15) is 4.89 Å². The average Bonchev–Trinajstić information content (AvgIpc) is 3.78. The largest absolute Gasteiger partial charge is 0.458 e. The second-order valence-corrected chi connectivity index (χ2v) is 19.2. The van der Waals surface area contributed by atoms with E-state index >= 15 is 0 Å². The summed E-state index contributed by atoms with van der Waals surface area (Å²) in [7, 11) is 0. The summed E-state index contributed by atoms with van der Waals surface area (Å²) in [4.78, 5) is 74.4. The van der Waals surface area contributed by atoms with E-state index in [2.05, 4.69) is 54.5 Å². The molecule has 8 unspecified atom stereocenters. The lowest BCUT2D eigenvalue weighted by atomic mass is 9.43. The maximum Gasteiger partial charge on any atom is 0.347 e. The summed E-state index contributed by atoms with van der Waals surface area (Å²) in [6, 6.07) is 8.92. The van der Waals surface area contributed by atoms with E-state index in [0.717, 1.165) is 31.3 Å². The van der Waals surface area contributed by atoms with Gasteiger partial charge < -0.3 is 19.1 Å². The van der Waals surface area contributed by atoms with Gasteiger partial charge in [0.1, 0.15) is 12.7 Å². The smallest absolute Gasteiger partial charge is 0.347 e. The molecule has 0 spiro atoms. The van der Waals surface area contributed by atoms with E-state index in [1.807, 2.05) is 0 Å². The van der Waals surface area contributed by atoms with Crippen LogP contribution < -0.4 is 4.89 Å². The van der Waals surface area contributed by atoms with Crippen molar-refractivity contribution in [3.05, 3.63) is 87.0 Å². The SMILES string of the molecule is CC(C)=CCCCC(C)C1CCC2C3CC(COOc4ccc5c(c4)C(=O)OC5=O)=C4C(C)(C)C(OC(=O)c5ccc6c(c5)C(=O)OC6=O)CCC4(C)C3CCC12C. The number of carbonyl (C=O) groups excluding carboxylic acids is 5. The fraction of sp³-hybridized carbons (Fsp3) is 0.562. The van der Waals surface area contributed by atoms with Crippen LogP contribution in [0.5, 0.6) is 5.75 Å². The summed E-state index contributed by atoms with van der Waals surface area (Å²) < 4.78 is 15.9. The maximum absolute atomic E-state index is 13.8. The number of hydrogen-bond acceptors (Lipinski definition) is 10. The van der Waals surface area contributed by atoms with Crippen LogP contribution in [0.4, 0.5) is 0 Å². The van der Waals surface area contributed by atoms with Crippen LogP contribution in [-0.4, -0.2) is 42.6 Å². The minimum atomic E-state index is -0.767. The van der Waals surface area contributed by atoms with Gasteiger partial charge in [-0.25, -0.2) is 24.0 Å². The number of rotatable bonds is 11. The molecule has 0 radical (unpaired) electrons. The Morgan fingerprint density at radius 2 is 1.50 bits per heavy atom. The van der Waals surface area contributed by atoms with Gasteiger partial charge in [-0.1, -0.05) is 58.3 Å². The molecule has 3 saturated carbocycles. The quantitative estimate of drug-likeness (QED) is 0.0412. The Morgan fingerprint density at radius 3 is 2.21 bits per heavy atom. The molecule has 10 heteroatoms. The Bertz CT molecular complexity index is 2140. The van der Waals surface area contributed by atoms with E-state index in [4.69, 9.17) is 24.0 Å². The third kappa shape index (κ3) is 6.73. The molecule has 308 valence electrons. The number of unbranched alkanes of at least 4 members (excludes halogenated alkanes) is 1. The predicted molar refractivity (Wildman–Crippen MR) is 214 cm³/mol. The molecular weight excluding hydrogens is 737 g/mol. The summed E-state index contributed by atoms with van der Waals surface area (Å²) in [6.45, 7) is 16.4. The third-order valence-electron chi connectivity index (χ3n) is 15.3. The van der Waals surface area contributed by atoms with Crippen LogP contribution >= 0.6 is 0 Å². The molecule has 8 atom stereocenters. The standard InChI is InChI=1S/C48H56O10/c1-26(2)10-8-9-11-27(3)36-16-17-37-35-23-29(25-54-58-30-13-15-32-34(24-30)45(53)57-43(32)51)40-46(4,5)39(19-21-48(40,7)38(35)18-20-47(36,37)6)55-41(49)28-12-14-31-33(22-28)44(52)56-42(31)50/h10,12-15,22,24,27,35-39H,8-9,11,16-21,23,25H2,1-7H3. The van der Waals surface area contributed by atoms with E-state index in [0.29, 0.717) is 41.8 Å². The first kappa shape index (κ1) is 40.2. The van der Waals surface area contributed by atoms with Crippen LogP contribution in [0.1, 0.15) is 164 Å². The molecule has 58 heavy (non-hydrogen) atoms. The molecule has 2 heterocycles. The highest BCUT2D eigenvalue weighted by atomic mass is 17.2. The van der Waals surface area contributed by atoms with Gasteiger partial charge in [0.15, 0.2) is 5.75 Å². The van der Waals surface area contributed by atoms with Crippen LogP contribution in [0.3, 0.4) is 0 Å². The highest BCUT2D eigenvalue weighted by Crippen LogP contribution is 2.70. The van der Waals surface area contributed by atoms with Crippen LogP contribution in [0.15, 0.2) is 59.2 Å². The molecule has 0 amide bonds. The van der Waals surface area contributed by atoms with Crippen molar-refractivity contribution in [1.82, 2.24) is 0 Å². The number of esters is 5. The van der Waals surface area contributed by atoms with Crippen LogP contribution in [0.2, 0.25) is 0 Å². The zero-order valence-electron chi connectivity index (χ0n) is 34.9. The first-order chi connectivity index (χ1) is 27.5. The lowest BCUT2D eigenvalue weighted by molar-refractivity contribution is -0.201. The molecule has 8 rings (SSSR count). The zero-order chi connectivity index (χ0) is 41.3. The van der Waals surface area contributed by atoms with E-state index < -0.39 is 41.4 Å². The highest BCUT2D eigenvalue weighted by Gasteiger charge is 2.63. The number of fused-ring (bicyclic) bond motifs is 7. The van der Waals surface area contributed by atoms with Crippen molar-refractivity contribution >= 4 is 29.8 Å². The van der Waals surface area contributed by atoms with Gasteiger partial charge in [-0.3, -0.25) is 0 Å². The van der Waals surface area contributed by atoms with Gasteiger partial charge in [-0.05, 0) is 154 Å². The van der Waals surface area contributed by atoms with E-state index in [1.54, 1.807) is 6.07 Å².